The number of azo groups is 3. The summed E-state index contributed by atoms with van der Waals surface area (Å²) in [7, 11) is -19.2. The summed E-state index contributed by atoms with van der Waals surface area (Å²) < 4.78 is 145. The number of hydrogen-bond acceptors (Lipinski definition) is 25. The van der Waals surface area contributed by atoms with Crippen LogP contribution in [0.25, 0.3) is 21.5 Å². The van der Waals surface area contributed by atoms with Gasteiger partial charge in [-0.25, -0.2) is 4.79 Å². The molecule has 430 valence electrons. The number of carbonyl (C=O) groups is 1. The summed E-state index contributed by atoms with van der Waals surface area (Å²) in [5, 5.41) is 73.8. The third-order valence-electron chi connectivity index (χ3n) is 11.8. The molecule has 0 bridgehead atoms. The summed E-state index contributed by atoms with van der Waals surface area (Å²) in [4.78, 5) is 21.2. The van der Waals surface area contributed by atoms with Crippen LogP contribution in [-0.4, -0.2) is 100 Å². The van der Waals surface area contributed by atoms with Crippen molar-refractivity contribution in [2.75, 3.05) is 23.1 Å². The minimum absolute atomic E-state index is 0.0230. The van der Waals surface area contributed by atoms with Crippen LogP contribution in [0.2, 0.25) is 0 Å². The van der Waals surface area contributed by atoms with E-state index in [4.69, 9.17) is 4.74 Å². The SMILES string of the molecule is COc1cc(/N=N/c2cc(S(=O)(=O)O)cc3cc(S(=O)(=O)O)cc(O)c23)c(C)cc1/N=N/c1c(S(=O)(=O)O)cc2cc(S(=O)(=O)O)cc(Nc3nc(Nc4ccccc4)nc(Nc4ccc(/N=N/c5ccc(O)c(C(=O)O)c5)cc4)n3)c2c1O. The molecule has 11 N–H and O–H groups in total. The largest absolute Gasteiger partial charge is 0.507 e. The van der Waals surface area contributed by atoms with Crippen LogP contribution in [-0.2, 0) is 40.5 Å². The Hall–Kier alpha value is -10.2. The Kier molecular flexibility index (Phi) is 15.7. The number of aryl methyl sites for hydroxylation is 1. The Bertz CT molecular complexity index is 4760. The Morgan fingerprint density at radius 1 is 0.500 bits per heavy atom. The molecule has 0 fully saturated rings. The number of carboxylic acids is 1. The van der Waals surface area contributed by atoms with Gasteiger partial charge in [-0.15, -0.1) is 15.3 Å². The molecule has 30 nitrogen and oxygen atoms in total. The number of nitrogens with one attached hydrogen (secondary N) is 3. The first kappa shape index (κ1) is 58.5. The van der Waals surface area contributed by atoms with Gasteiger partial charge in [0.15, 0.2) is 5.75 Å². The van der Waals surface area contributed by atoms with Crippen molar-refractivity contribution in [1.29, 1.82) is 0 Å². The van der Waals surface area contributed by atoms with Gasteiger partial charge in [0.1, 0.15) is 39.1 Å². The minimum atomic E-state index is -5.38. The van der Waals surface area contributed by atoms with E-state index in [2.05, 4.69) is 61.6 Å². The third kappa shape index (κ3) is 13.1. The number of aromatic carboxylic acids is 1. The highest BCUT2D eigenvalue weighted by atomic mass is 32.2. The molecular formula is C50H38N12O18S4. The van der Waals surface area contributed by atoms with Gasteiger partial charge in [0.25, 0.3) is 40.5 Å². The van der Waals surface area contributed by atoms with Crippen LogP contribution >= 0.6 is 0 Å². The number of hydrogen-bond donors (Lipinski definition) is 11. The fourth-order valence-electron chi connectivity index (χ4n) is 7.95. The summed E-state index contributed by atoms with van der Waals surface area (Å²) >= 11 is 0. The fourth-order valence-corrected chi connectivity index (χ4v) is 10.2. The highest BCUT2D eigenvalue weighted by molar-refractivity contribution is 7.86. The van der Waals surface area contributed by atoms with Crippen LogP contribution in [0.5, 0.6) is 23.0 Å². The number of aromatic nitrogens is 3. The summed E-state index contributed by atoms with van der Waals surface area (Å²) in [6.07, 6.45) is 0. The Morgan fingerprint density at radius 2 is 1.02 bits per heavy atom. The first-order valence-electron chi connectivity index (χ1n) is 23.3. The summed E-state index contributed by atoms with van der Waals surface area (Å²) in [6.45, 7) is 1.47. The van der Waals surface area contributed by atoms with Gasteiger partial charge in [0.05, 0.1) is 55.6 Å². The van der Waals surface area contributed by atoms with Crippen molar-refractivity contribution in [1.82, 2.24) is 15.0 Å². The molecule has 0 radical (unpaired) electrons. The zero-order chi connectivity index (χ0) is 60.6. The zero-order valence-corrected chi connectivity index (χ0v) is 45.7. The molecule has 1 aromatic heterocycles. The first-order valence-corrected chi connectivity index (χ1v) is 29.1. The lowest BCUT2D eigenvalue weighted by molar-refractivity contribution is 0.0693. The molecule has 0 aliphatic carbocycles. The van der Waals surface area contributed by atoms with E-state index in [1.54, 1.807) is 42.5 Å². The molecule has 9 aromatic rings. The van der Waals surface area contributed by atoms with Crippen LogP contribution < -0.4 is 20.7 Å². The number of methoxy groups -OCH3 is 1. The van der Waals surface area contributed by atoms with Gasteiger partial charge in [-0.2, -0.15) is 64.0 Å². The molecule has 34 heteroatoms. The Balaban J connectivity index is 1.10. The number of rotatable bonds is 18. The van der Waals surface area contributed by atoms with Crippen molar-refractivity contribution in [3.63, 3.8) is 0 Å². The van der Waals surface area contributed by atoms with E-state index in [0.29, 0.717) is 23.1 Å². The van der Waals surface area contributed by atoms with Gasteiger partial charge in [-0.3, -0.25) is 18.2 Å². The molecular weight excluding hydrogens is 1180 g/mol. The Labute approximate surface area is 473 Å². The van der Waals surface area contributed by atoms with Gasteiger partial charge in [0.2, 0.25) is 17.8 Å². The van der Waals surface area contributed by atoms with E-state index < -0.39 is 111 Å². The molecule has 0 spiro atoms. The number of ether oxygens (including phenoxy) is 1. The second-order valence-electron chi connectivity index (χ2n) is 17.5. The van der Waals surface area contributed by atoms with Crippen LogP contribution in [0, 0.1) is 6.92 Å². The molecule has 0 unspecified atom stereocenters. The second-order valence-corrected chi connectivity index (χ2v) is 23.2. The number of phenols is 3. The summed E-state index contributed by atoms with van der Waals surface area (Å²) in [6, 6.07) is 26.4. The van der Waals surface area contributed by atoms with Gasteiger partial charge in [-0.1, -0.05) is 18.2 Å². The number of fused-ring (bicyclic) bond motifs is 2. The van der Waals surface area contributed by atoms with Crippen molar-refractivity contribution >= 4 is 137 Å². The van der Waals surface area contributed by atoms with Crippen molar-refractivity contribution in [2.45, 2.75) is 26.5 Å². The van der Waals surface area contributed by atoms with E-state index in [1.165, 1.54) is 44.4 Å². The topological polar surface area (TPSA) is 474 Å². The zero-order valence-electron chi connectivity index (χ0n) is 42.4. The highest BCUT2D eigenvalue weighted by Crippen LogP contribution is 2.47. The lowest BCUT2D eigenvalue weighted by Gasteiger charge is -2.16. The Morgan fingerprint density at radius 3 is 1.61 bits per heavy atom. The van der Waals surface area contributed by atoms with E-state index in [1.807, 2.05) is 0 Å². The maximum atomic E-state index is 13.0. The summed E-state index contributed by atoms with van der Waals surface area (Å²) in [5.74, 6) is -4.43. The number of nitrogens with zero attached hydrogens (tertiary/aromatic N) is 9. The quantitative estimate of drug-likeness (QED) is 0.0281. The van der Waals surface area contributed by atoms with Gasteiger partial charge in [-0.05, 0) is 120 Å². The maximum absolute atomic E-state index is 13.0. The van der Waals surface area contributed by atoms with Crippen LogP contribution in [0.3, 0.4) is 0 Å². The first-order chi connectivity index (χ1) is 39.5. The molecule has 84 heavy (non-hydrogen) atoms. The second kappa shape index (κ2) is 22.6. The maximum Gasteiger partial charge on any atom is 0.339 e. The molecule has 0 aliphatic rings. The van der Waals surface area contributed by atoms with Crippen molar-refractivity contribution in [2.24, 2.45) is 30.7 Å². The summed E-state index contributed by atoms with van der Waals surface area (Å²) in [5.41, 5.74) is -0.782. The van der Waals surface area contributed by atoms with Crippen LogP contribution in [0.15, 0.2) is 178 Å². The monoisotopic (exact) mass is 1220 g/mol. The van der Waals surface area contributed by atoms with Gasteiger partial charge in [0, 0.05) is 28.9 Å². The average molecular weight is 1220 g/mol. The average Bonchev–Trinajstić information content (AvgIpc) is 0.913. The lowest BCUT2D eigenvalue weighted by Crippen LogP contribution is -2.08. The van der Waals surface area contributed by atoms with E-state index in [0.717, 1.165) is 48.5 Å². The van der Waals surface area contributed by atoms with Crippen LogP contribution in [0.4, 0.5) is 69.0 Å². The smallest absolute Gasteiger partial charge is 0.339 e. The minimum Gasteiger partial charge on any atom is -0.507 e. The van der Waals surface area contributed by atoms with Crippen molar-refractivity contribution in [3.8, 4) is 23.0 Å². The lowest BCUT2D eigenvalue weighted by atomic mass is 10.1. The van der Waals surface area contributed by atoms with Crippen LogP contribution in [0.1, 0.15) is 15.9 Å². The number of phenolic OH excluding ortho intramolecular Hbond substituents is 2. The molecule has 9 rings (SSSR count). The molecule has 0 saturated carbocycles. The van der Waals surface area contributed by atoms with Gasteiger partial charge >= 0.3 is 5.97 Å². The predicted molar refractivity (Wildman–Crippen MR) is 298 cm³/mol. The van der Waals surface area contributed by atoms with E-state index in [9.17, 15) is 77.1 Å². The predicted octanol–water partition coefficient (Wildman–Crippen LogP) is 10.8. The standard InChI is InChI=1S/C50H38N12O18S4/c1-24-14-36(41(80-2)23-35(24)59-61-38-21-32(82(71,72)73)15-25-16-33(83(74,75)76)22-40(64)43(25)38)60-62-45-42(84(77,78)79)18-26-17-31(81(68,69)70)20-37(44(26)46(45)65)53-50-55-48(51-27-6-4-3-5-7-27)54-49(56-50)52-28-8-10-29(11-9-28)57-58-30-12-13-39(63)34(19-30)47(66)67/h3-23,63-65H,1-2H3,(H,66,67)(H,68,69,70)(H,71,72,73)(H,74,75,76)(H,77,78,79)(H3,51,52,53,54,55,56)/b58-57+,61-59+,62-60+. The number of para-hydroxylation sites is 1. The van der Waals surface area contributed by atoms with E-state index >= 15 is 0 Å². The van der Waals surface area contributed by atoms with E-state index in [-0.39, 0.29) is 62.6 Å². The highest BCUT2D eigenvalue weighted by Gasteiger charge is 2.27. The molecule has 1 heterocycles. The molecule has 0 atom stereocenters. The normalized spacial score (nSPS) is 12.4. The molecule has 0 aliphatic heterocycles. The molecule has 0 saturated heterocycles. The third-order valence-corrected chi connectivity index (χ3v) is 15.2. The number of benzene rings is 8. The molecule has 8 aromatic carbocycles. The molecule has 0 amide bonds. The van der Waals surface area contributed by atoms with Crippen molar-refractivity contribution < 1.29 is 81.8 Å². The van der Waals surface area contributed by atoms with Crippen molar-refractivity contribution in [3.05, 3.63) is 139 Å². The number of aromatic hydroxyl groups is 3. The fraction of sp³-hybridized carbons (Fsp3) is 0.0400. The van der Waals surface area contributed by atoms with Gasteiger partial charge < -0.3 is 41.1 Å². The number of anilines is 6. The number of carboxylic acid groups (broad SMARTS) is 1.